The van der Waals surface area contributed by atoms with Crippen LogP contribution in [0, 0.1) is 0 Å². The largest absolute Gasteiger partial charge is 0.484 e. The molecule has 8 nitrogen and oxygen atoms in total. The maximum Gasteiger partial charge on any atom is 0.238 e. The number of sulfonamides is 1. The van der Waals surface area contributed by atoms with Crippen molar-refractivity contribution < 1.29 is 17.9 Å². The minimum absolute atomic E-state index is 0.0530. The first-order valence-electron chi connectivity index (χ1n) is 11.0. The van der Waals surface area contributed by atoms with Crippen molar-refractivity contribution in [1.82, 2.24) is 0 Å². The number of anilines is 1. The summed E-state index contributed by atoms with van der Waals surface area (Å²) in [6.45, 7) is 1.59. The highest BCUT2D eigenvalue weighted by atomic mass is 35.5. The number of ether oxygens (including phenoxy) is 2. The molecule has 0 aromatic heterocycles. The molecule has 1 unspecified atom stereocenters. The first-order chi connectivity index (χ1) is 16.9. The monoisotopic (exact) mass is 510 g/mol. The summed E-state index contributed by atoms with van der Waals surface area (Å²) in [5, 5.41) is 12.7. The highest BCUT2D eigenvalue weighted by Crippen LogP contribution is 2.37. The van der Waals surface area contributed by atoms with Crippen LogP contribution in [0.2, 0.25) is 5.02 Å². The Balaban J connectivity index is 1.41. The Morgan fingerprint density at radius 1 is 1.03 bits per heavy atom. The number of primary sulfonamides is 1. The van der Waals surface area contributed by atoms with E-state index in [1.807, 2.05) is 53.5 Å². The van der Waals surface area contributed by atoms with Crippen LogP contribution >= 0.6 is 11.6 Å². The average molecular weight is 511 g/mol. The van der Waals surface area contributed by atoms with Gasteiger partial charge in [-0.25, -0.2) is 18.5 Å². The van der Waals surface area contributed by atoms with Gasteiger partial charge in [-0.3, -0.25) is 5.01 Å². The molecule has 3 aromatic rings. The molecule has 2 heterocycles. The van der Waals surface area contributed by atoms with Gasteiger partial charge in [0.25, 0.3) is 0 Å². The van der Waals surface area contributed by atoms with Crippen molar-refractivity contribution in [3.63, 3.8) is 0 Å². The number of nitrogens with zero attached hydrogens (tertiary/aromatic N) is 3. The average Bonchev–Trinajstić information content (AvgIpc) is 3.54. The van der Waals surface area contributed by atoms with Crippen LogP contribution in [0.1, 0.15) is 23.6 Å². The molecule has 0 aliphatic carbocycles. The van der Waals surface area contributed by atoms with Gasteiger partial charge in [0.15, 0.2) is 6.61 Å². The standard InChI is InChI=1S/C25H23ClN4O4S/c26-19-5-1-18(2-6-19)24-15-23(29-30(24)20-7-11-22(12-8-20)35(27,31)32)17-3-9-21(10-4-17)34-16-25-28-13-14-33-25/h1-12,24H,13-16H2,(H2,27,31,32). The van der Waals surface area contributed by atoms with E-state index in [1.54, 1.807) is 12.1 Å². The topological polar surface area (TPSA) is 107 Å². The van der Waals surface area contributed by atoms with E-state index in [-0.39, 0.29) is 10.9 Å². The van der Waals surface area contributed by atoms with Gasteiger partial charge in [0, 0.05) is 11.4 Å². The number of hydrogen-bond donors (Lipinski definition) is 1. The van der Waals surface area contributed by atoms with Gasteiger partial charge >= 0.3 is 0 Å². The smallest absolute Gasteiger partial charge is 0.238 e. The molecule has 2 N–H and O–H groups in total. The maximum absolute atomic E-state index is 11.7. The van der Waals surface area contributed by atoms with E-state index in [2.05, 4.69) is 4.99 Å². The van der Waals surface area contributed by atoms with Crippen LogP contribution in [0.5, 0.6) is 5.75 Å². The Morgan fingerprint density at radius 2 is 1.74 bits per heavy atom. The van der Waals surface area contributed by atoms with Gasteiger partial charge in [0.2, 0.25) is 15.9 Å². The molecule has 1 atom stereocenters. The number of hydrazone groups is 1. The summed E-state index contributed by atoms with van der Waals surface area (Å²) in [5.74, 6) is 1.33. The molecule has 0 saturated heterocycles. The Hall–Kier alpha value is -3.40. The van der Waals surface area contributed by atoms with Gasteiger partial charge < -0.3 is 9.47 Å². The third-order valence-corrected chi connectivity index (χ3v) is 6.97. The van der Waals surface area contributed by atoms with E-state index in [0.29, 0.717) is 37.1 Å². The molecule has 180 valence electrons. The number of aliphatic imine (C=N–C) groups is 1. The van der Waals surface area contributed by atoms with Crippen molar-refractivity contribution in [3.05, 3.63) is 88.9 Å². The predicted octanol–water partition coefficient (Wildman–Crippen LogP) is 4.15. The lowest BCUT2D eigenvalue weighted by molar-refractivity contribution is 0.293. The Morgan fingerprint density at radius 3 is 2.37 bits per heavy atom. The molecule has 0 bridgehead atoms. The molecule has 5 rings (SSSR count). The van der Waals surface area contributed by atoms with Crippen LogP contribution in [0.3, 0.4) is 0 Å². The fourth-order valence-electron chi connectivity index (χ4n) is 4.01. The Bertz CT molecular complexity index is 1370. The van der Waals surface area contributed by atoms with Gasteiger partial charge in [-0.05, 0) is 71.8 Å². The third-order valence-electron chi connectivity index (χ3n) is 5.79. The Labute approximate surface area is 208 Å². The molecular weight excluding hydrogens is 488 g/mol. The zero-order chi connectivity index (χ0) is 24.4. The Kier molecular flexibility index (Phi) is 6.46. The zero-order valence-electron chi connectivity index (χ0n) is 18.7. The van der Waals surface area contributed by atoms with Gasteiger partial charge in [0.1, 0.15) is 12.4 Å². The molecule has 0 fully saturated rings. The van der Waals surface area contributed by atoms with Crippen LogP contribution in [-0.2, 0) is 14.8 Å². The third kappa shape index (κ3) is 5.32. The normalized spacial score (nSPS) is 17.7. The number of benzene rings is 3. The van der Waals surface area contributed by atoms with E-state index >= 15 is 0 Å². The lowest BCUT2D eigenvalue weighted by Gasteiger charge is -2.24. The predicted molar refractivity (Wildman–Crippen MR) is 136 cm³/mol. The first kappa shape index (κ1) is 23.3. The molecule has 2 aliphatic rings. The number of hydrogen-bond acceptors (Lipinski definition) is 7. The summed E-state index contributed by atoms with van der Waals surface area (Å²) in [7, 11) is -3.78. The molecule has 0 saturated carbocycles. The van der Waals surface area contributed by atoms with Gasteiger partial charge in [-0.1, -0.05) is 23.7 Å². The molecule has 10 heteroatoms. The van der Waals surface area contributed by atoms with Crippen LogP contribution in [0.15, 0.2) is 87.8 Å². The minimum Gasteiger partial charge on any atom is -0.484 e. The van der Waals surface area contributed by atoms with E-state index in [9.17, 15) is 8.42 Å². The molecular formula is C25H23ClN4O4S. The van der Waals surface area contributed by atoms with Crippen molar-refractivity contribution in [3.8, 4) is 5.75 Å². The second-order valence-corrected chi connectivity index (χ2v) is 10.1. The molecule has 2 aliphatic heterocycles. The number of rotatable bonds is 7. The van der Waals surface area contributed by atoms with Gasteiger partial charge in [0.05, 0.1) is 28.9 Å². The van der Waals surface area contributed by atoms with Crippen LogP contribution in [0.4, 0.5) is 5.69 Å². The zero-order valence-corrected chi connectivity index (χ0v) is 20.2. The first-order valence-corrected chi connectivity index (χ1v) is 12.9. The van der Waals surface area contributed by atoms with E-state index < -0.39 is 10.0 Å². The number of nitrogens with two attached hydrogens (primary N) is 1. The second kappa shape index (κ2) is 9.69. The van der Waals surface area contributed by atoms with Gasteiger partial charge in [-0.15, -0.1) is 0 Å². The summed E-state index contributed by atoms with van der Waals surface area (Å²) in [5.41, 5.74) is 3.66. The van der Waals surface area contributed by atoms with Crippen molar-refractivity contribution in [2.45, 2.75) is 17.4 Å². The maximum atomic E-state index is 11.7. The summed E-state index contributed by atoms with van der Waals surface area (Å²) >= 11 is 6.10. The SMILES string of the molecule is NS(=O)(=O)c1ccc(N2N=C(c3ccc(OCC4=NCCO4)cc3)CC2c2ccc(Cl)cc2)cc1. The fraction of sp³-hybridized carbons (Fsp3) is 0.200. The van der Waals surface area contributed by atoms with E-state index in [0.717, 1.165) is 28.3 Å². The summed E-state index contributed by atoms with van der Waals surface area (Å²) in [6.07, 6.45) is 0.656. The van der Waals surface area contributed by atoms with Crippen molar-refractivity contribution >= 4 is 38.9 Å². The number of halogens is 1. The van der Waals surface area contributed by atoms with Crippen molar-refractivity contribution in [1.29, 1.82) is 0 Å². The summed E-state index contributed by atoms with van der Waals surface area (Å²) in [4.78, 5) is 4.28. The van der Waals surface area contributed by atoms with Crippen molar-refractivity contribution in [2.75, 3.05) is 24.8 Å². The molecule has 0 spiro atoms. The lowest BCUT2D eigenvalue weighted by atomic mass is 9.98. The molecule has 35 heavy (non-hydrogen) atoms. The van der Waals surface area contributed by atoms with E-state index in [4.69, 9.17) is 31.3 Å². The minimum atomic E-state index is -3.78. The summed E-state index contributed by atoms with van der Waals surface area (Å²) in [6, 6.07) is 21.7. The van der Waals surface area contributed by atoms with Gasteiger partial charge in [-0.2, -0.15) is 5.10 Å². The highest BCUT2D eigenvalue weighted by molar-refractivity contribution is 7.89. The molecule has 3 aromatic carbocycles. The van der Waals surface area contributed by atoms with Crippen LogP contribution < -0.4 is 14.9 Å². The molecule has 0 amide bonds. The highest BCUT2D eigenvalue weighted by Gasteiger charge is 2.30. The molecule has 0 radical (unpaired) electrons. The van der Waals surface area contributed by atoms with Crippen molar-refractivity contribution in [2.24, 2.45) is 15.2 Å². The fourth-order valence-corrected chi connectivity index (χ4v) is 4.65. The van der Waals surface area contributed by atoms with Crippen LogP contribution in [-0.4, -0.2) is 39.8 Å². The van der Waals surface area contributed by atoms with E-state index in [1.165, 1.54) is 12.1 Å². The second-order valence-electron chi connectivity index (χ2n) is 8.14. The quantitative estimate of drug-likeness (QED) is 0.514. The summed E-state index contributed by atoms with van der Waals surface area (Å²) < 4.78 is 34.5. The van der Waals surface area contributed by atoms with Crippen LogP contribution in [0.25, 0.3) is 0 Å². The lowest BCUT2D eigenvalue weighted by Crippen LogP contribution is -2.19.